The molecule has 0 bridgehead atoms. The molecule has 4 aromatic rings. The van der Waals surface area contributed by atoms with Crippen molar-refractivity contribution < 1.29 is 0 Å². The van der Waals surface area contributed by atoms with E-state index in [0.29, 0.717) is 11.1 Å². The van der Waals surface area contributed by atoms with Crippen LogP contribution in [-0.2, 0) is 6.54 Å². The summed E-state index contributed by atoms with van der Waals surface area (Å²) >= 11 is 0. The normalized spacial score (nSPS) is 17.6. The molecule has 7 heteroatoms. The highest BCUT2D eigenvalue weighted by molar-refractivity contribution is 5.73. The van der Waals surface area contributed by atoms with E-state index in [0.717, 1.165) is 61.1 Å². The van der Waals surface area contributed by atoms with E-state index in [1.807, 2.05) is 28.9 Å². The first-order chi connectivity index (χ1) is 16.2. The van der Waals surface area contributed by atoms with Crippen molar-refractivity contribution in [3.8, 4) is 28.3 Å². The van der Waals surface area contributed by atoms with E-state index < -0.39 is 0 Å². The quantitative estimate of drug-likeness (QED) is 0.426. The average Bonchev–Trinajstić information content (AvgIpc) is 3.56. The molecule has 2 aromatic carbocycles. The number of fused-ring (bicyclic) bond motifs is 5. The molecule has 0 saturated carbocycles. The lowest BCUT2D eigenvalue weighted by Crippen LogP contribution is -2.54. The average molecular weight is 434 g/mol. The van der Waals surface area contributed by atoms with Crippen LogP contribution in [-0.4, -0.2) is 45.5 Å². The summed E-state index contributed by atoms with van der Waals surface area (Å²) in [6, 6.07) is 16.7. The fourth-order valence-corrected chi connectivity index (χ4v) is 5.52. The summed E-state index contributed by atoms with van der Waals surface area (Å²) in [5, 5.41) is 8.02. The van der Waals surface area contributed by atoms with Crippen LogP contribution in [0.25, 0.3) is 33.2 Å². The summed E-state index contributed by atoms with van der Waals surface area (Å²) < 4.78 is 4.24. The van der Waals surface area contributed by atoms with Crippen molar-refractivity contribution in [2.45, 2.75) is 13.0 Å². The zero-order valence-electron chi connectivity index (χ0n) is 18.2. The Balaban J connectivity index is 1.29. The van der Waals surface area contributed by atoms with Crippen molar-refractivity contribution in [3.63, 3.8) is 0 Å². The van der Waals surface area contributed by atoms with Gasteiger partial charge >= 0.3 is 0 Å². The smallest absolute Gasteiger partial charge is 0.187 e. The van der Waals surface area contributed by atoms with Crippen molar-refractivity contribution in [2.75, 3.05) is 31.1 Å². The minimum absolute atomic E-state index is 0.469. The highest BCUT2D eigenvalue weighted by Gasteiger charge is 2.43. The molecule has 0 aliphatic carbocycles. The van der Waals surface area contributed by atoms with Gasteiger partial charge in [0.2, 0.25) is 0 Å². The van der Waals surface area contributed by atoms with E-state index in [1.54, 1.807) is 6.33 Å². The number of benzene rings is 2. The summed E-state index contributed by atoms with van der Waals surface area (Å²) in [4.78, 5) is 10.6. The van der Waals surface area contributed by atoms with E-state index >= 15 is 0 Å². The lowest BCUT2D eigenvalue weighted by atomic mass is 9.81. The second-order valence-corrected chi connectivity index (χ2v) is 9.48. The highest BCUT2D eigenvalue weighted by Crippen LogP contribution is 2.39. The van der Waals surface area contributed by atoms with Gasteiger partial charge in [0.25, 0.3) is 0 Å². The van der Waals surface area contributed by atoms with Crippen LogP contribution in [0.1, 0.15) is 12.0 Å². The maximum atomic E-state index is 7.19. The topological polar surface area (TPSA) is 55.3 Å². The highest BCUT2D eigenvalue weighted by atomic mass is 15.4. The zero-order valence-corrected chi connectivity index (χ0v) is 18.2. The summed E-state index contributed by atoms with van der Waals surface area (Å²) in [5.74, 6) is 0.853. The Morgan fingerprint density at radius 2 is 1.91 bits per heavy atom. The minimum atomic E-state index is 0.469. The largest absolute Gasteiger partial charge is 0.371 e. The molecule has 5 heterocycles. The number of anilines is 1. The molecule has 7 rings (SSSR count). The van der Waals surface area contributed by atoms with Gasteiger partial charge < -0.3 is 14.8 Å². The van der Waals surface area contributed by atoms with Gasteiger partial charge in [0.1, 0.15) is 6.33 Å². The van der Waals surface area contributed by atoms with Crippen LogP contribution >= 0.6 is 0 Å². The first kappa shape index (κ1) is 18.7. The SMILES string of the molecule is [C-]#[N+]c1ccc(-c2cc3n(c2)Cc2cc(N4CCC5(CNC5)C4)ccc2-n2ncnc2-3)cc1. The minimum Gasteiger partial charge on any atom is -0.371 e. The second-order valence-electron chi connectivity index (χ2n) is 9.48. The molecule has 0 radical (unpaired) electrons. The summed E-state index contributed by atoms with van der Waals surface area (Å²) in [7, 11) is 0. The van der Waals surface area contributed by atoms with Gasteiger partial charge in [-0.2, -0.15) is 5.10 Å². The van der Waals surface area contributed by atoms with Gasteiger partial charge in [-0.25, -0.2) is 14.5 Å². The van der Waals surface area contributed by atoms with E-state index in [2.05, 4.69) is 60.2 Å². The third-order valence-electron chi connectivity index (χ3n) is 7.44. The summed E-state index contributed by atoms with van der Waals surface area (Å²) in [6.07, 6.45) is 5.09. The summed E-state index contributed by atoms with van der Waals surface area (Å²) in [5.41, 5.74) is 8.03. The fraction of sp³-hybridized carbons (Fsp3) is 0.269. The Labute approximate surface area is 192 Å². The lowest BCUT2D eigenvalue weighted by Gasteiger charge is -2.39. The molecule has 7 nitrogen and oxygen atoms in total. The Morgan fingerprint density at radius 1 is 1.03 bits per heavy atom. The predicted molar refractivity (Wildman–Crippen MR) is 128 cm³/mol. The van der Waals surface area contributed by atoms with Gasteiger partial charge in [-0.15, -0.1) is 0 Å². The van der Waals surface area contributed by atoms with E-state index in [9.17, 15) is 0 Å². The summed E-state index contributed by atoms with van der Waals surface area (Å²) in [6.45, 7) is 12.5. The Hall–Kier alpha value is -3.89. The zero-order chi connectivity index (χ0) is 22.0. The standard InChI is InChI=1S/C26H23N7/c1-27-21-4-2-18(3-5-21)19-11-24-25-29-17-30-33(25)23-7-6-22(10-20(23)13-32(24)12-19)31-9-8-26(16-31)14-28-15-26/h2-7,10-12,17,28H,8-9,13-16H2. The first-order valence-corrected chi connectivity index (χ1v) is 11.4. The number of nitrogens with one attached hydrogen (secondary N) is 1. The molecule has 3 aliphatic heterocycles. The molecular weight excluding hydrogens is 410 g/mol. The van der Waals surface area contributed by atoms with E-state index in [4.69, 9.17) is 6.57 Å². The molecule has 2 saturated heterocycles. The second kappa shape index (κ2) is 6.80. The van der Waals surface area contributed by atoms with Gasteiger partial charge in [0.05, 0.1) is 18.0 Å². The van der Waals surface area contributed by atoms with Crippen LogP contribution in [0.2, 0.25) is 0 Å². The molecule has 0 atom stereocenters. The lowest BCUT2D eigenvalue weighted by molar-refractivity contribution is 0.200. The molecule has 162 valence electrons. The number of hydrogen-bond donors (Lipinski definition) is 1. The van der Waals surface area contributed by atoms with Gasteiger partial charge in [0, 0.05) is 55.6 Å². The Bertz CT molecular complexity index is 1420. The number of nitrogens with zero attached hydrogens (tertiary/aromatic N) is 6. The van der Waals surface area contributed by atoms with Crippen LogP contribution in [0.3, 0.4) is 0 Å². The van der Waals surface area contributed by atoms with Crippen LogP contribution < -0.4 is 10.2 Å². The molecular formula is C26H23N7. The third kappa shape index (κ3) is 2.84. The third-order valence-corrected chi connectivity index (χ3v) is 7.44. The first-order valence-electron chi connectivity index (χ1n) is 11.4. The fourth-order valence-electron chi connectivity index (χ4n) is 5.52. The molecule has 0 unspecified atom stereocenters. The van der Waals surface area contributed by atoms with E-state index in [-0.39, 0.29) is 0 Å². The molecule has 1 spiro atoms. The van der Waals surface area contributed by atoms with Gasteiger partial charge in [-0.1, -0.05) is 24.3 Å². The van der Waals surface area contributed by atoms with Crippen LogP contribution in [0.15, 0.2) is 61.1 Å². The maximum absolute atomic E-state index is 7.19. The molecule has 33 heavy (non-hydrogen) atoms. The Kier molecular flexibility index (Phi) is 3.85. The number of hydrogen-bond acceptors (Lipinski definition) is 4. The van der Waals surface area contributed by atoms with Crippen molar-refractivity contribution in [3.05, 3.63) is 78.0 Å². The number of rotatable bonds is 2. The van der Waals surface area contributed by atoms with Crippen molar-refractivity contribution in [1.29, 1.82) is 0 Å². The van der Waals surface area contributed by atoms with Gasteiger partial charge in [-0.05, 0) is 41.8 Å². The van der Waals surface area contributed by atoms with Crippen molar-refractivity contribution in [1.82, 2.24) is 24.6 Å². The molecule has 3 aliphatic rings. The van der Waals surface area contributed by atoms with E-state index in [1.165, 1.54) is 17.7 Å². The monoisotopic (exact) mass is 433 g/mol. The Morgan fingerprint density at radius 3 is 2.67 bits per heavy atom. The maximum Gasteiger partial charge on any atom is 0.187 e. The van der Waals surface area contributed by atoms with Gasteiger partial charge in [-0.3, -0.25) is 0 Å². The molecule has 2 aromatic heterocycles. The van der Waals surface area contributed by atoms with Crippen LogP contribution in [0.4, 0.5) is 11.4 Å². The van der Waals surface area contributed by atoms with Gasteiger partial charge in [0.15, 0.2) is 11.5 Å². The van der Waals surface area contributed by atoms with Crippen molar-refractivity contribution >= 4 is 11.4 Å². The molecule has 0 amide bonds. The molecule has 2 fully saturated rings. The van der Waals surface area contributed by atoms with Crippen LogP contribution in [0.5, 0.6) is 0 Å². The molecule has 1 N–H and O–H groups in total. The van der Waals surface area contributed by atoms with Crippen LogP contribution in [0, 0.1) is 12.0 Å². The number of aromatic nitrogens is 4. The predicted octanol–water partition coefficient (Wildman–Crippen LogP) is 4.11. The van der Waals surface area contributed by atoms with Crippen molar-refractivity contribution in [2.24, 2.45) is 5.41 Å².